The molecule has 1 N–H and O–H groups in total. The first-order valence-corrected chi connectivity index (χ1v) is 7.77. The lowest BCUT2D eigenvalue weighted by Gasteiger charge is -2.25. The number of hydrogen-bond donors (Lipinski definition) is 1. The molecular formula is C13H17ClN4O2S. The van der Waals surface area contributed by atoms with E-state index in [4.69, 9.17) is 16.7 Å². The van der Waals surface area contributed by atoms with E-state index in [2.05, 4.69) is 36.3 Å². The van der Waals surface area contributed by atoms with Gasteiger partial charge in [0.1, 0.15) is 0 Å². The fourth-order valence-electron chi connectivity index (χ4n) is 2.20. The number of hydrogen-bond acceptors (Lipinski definition) is 5. The lowest BCUT2D eigenvalue weighted by atomic mass is 9.87. The number of tetrazole rings is 1. The first kappa shape index (κ1) is 15.9. The van der Waals surface area contributed by atoms with Crippen molar-refractivity contribution in [2.45, 2.75) is 39.7 Å². The van der Waals surface area contributed by atoms with Crippen molar-refractivity contribution in [1.29, 1.82) is 0 Å². The molecule has 0 bridgehead atoms. The fourth-order valence-corrected chi connectivity index (χ4v) is 3.31. The quantitative estimate of drug-likeness (QED) is 0.908. The summed E-state index contributed by atoms with van der Waals surface area (Å²) >= 11 is 7.56. The van der Waals surface area contributed by atoms with Crippen LogP contribution in [0.2, 0.25) is 5.02 Å². The van der Waals surface area contributed by atoms with Crippen LogP contribution in [0.25, 0.3) is 10.7 Å². The van der Waals surface area contributed by atoms with Gasteiger partial charge < -0.3 is 5.11 Å². The molecule has 0 aliphatic heterocycles. The van der Waals surface area contributed by atoms with Crippen LogP contribution in [0.4, 0.5) is 0 Å². The number of aromatic nitrogens is 4. The van der Waals surface area contributed by atoms with Crippen LogP contribution in [-0.2, 0) is 4.79 Å². The summed E-state index contributed by atoms with van der Waals surface area (Å²) in [5.41, 5.74) is -0.0391. The molecule has 0 aliphatic carbocycles. The maximum absolute atomic E-state index is 11.2. The van der Waals surface area contributed by atoms with Crippen molar-refractivity contribution in [3.8, 4) is 10.7 Å². The highest BCUT2D eigenvalue weighted by atomic mass is 35.5. The summed E-state index contributed by atoms with van der Waals surface area (Å²) in [5.74, 6) is -0.353. The molecule has 0 spiro atoms. The number of carboxylic acid groups (broad SMARTS) is 1. The topological polar surface area (TPSA) is 80.9 Å². The zero-order valence-corrected chi connectivity index (χ0v) is 13.6. The second kappa shape index (κ2) is 6.11. The average molecular weight is 329 g/mol. The average Bonchev–Trinajstić information content (AvgIpc) is 2.93. The Morgan fingerprint density at radius 2 is 2.24 bits per heavy atom. The normalized spacial score (nSPS) is 13.3. The van der Waals surface area contributed by atoms with Crippen LogP contribution in [0.15, 0.2) is 11.4 Å². The molecule has 2 heterocycles. The summed E-state index contributed by atoms with van der Waals surface area (Å²) in [7, 11) is 0. The molecule has 0 saturated heterocycles. The molecule has 0 aromatic carbocycles. The molecule has 0 amide bonds. The standard InChI is InChI=1S/C13H17ClN4O2S/c1-13(2,3)7-8(6-10(19)20)18-12(15-16-17-18)11-9(14)4-5-21-11/h4-5,8H,6-7H2,1-3H3,(H,19,20). The second-order valence-electron chi connectivity index (χ2n) is 6.06. The van der Waals surface area contributed by atoms with Crippen molar-refractivity contribution in [1.82, 2.24) is 20.2 Å². The molecule has 21 heavy (non-hydrogen) atoms. The molecule has 6 nitrogen and oxygen atoms in total. The van der Waals surface area contributed by atoms with E-state index in [-0.39, 0.29) is 17.9 Å². The van der Waals surface area contributed by atoms with Crippen molar-refractivity contribution >= 4 is 28.9 Å². The van der Waals surface area contributed by atoms with E-state index in [0.29, 0.717) is 17.3 Å². The third-order valence-electron chi connectivity index (χ3n) is 2.92. The number of rotatable bonds is 5. The summed E-state index contributed by atoms with van der Waals surface area (Å²) in [5, 5.41) is 23.3. The molecule has 2 rings (SSSR count). The Bertz CT molecular complexity index is 632. The predicted octanol–water partition coefficient (Wildman–Crippen LogP) is 3.51. The molecule has 0 fully saturated rings. The minimum absolute atomic E-state index is 0.0295. The van der Waals surface area contributed by atoms with Crippen molar-refractivity contribution in [2.75, 3.05) is 0 Å². The maximum atomic E-state index is 11.2. The van der Waals surface area contributed by atoms with Gasteiger partial charge in [-0.3, -0.25) is 4.79 Å². The highest BCUT2D eigenvalue weighted by Gasteiger charge is 2.27. The van der Waals surface area contributed by atoms with Gasteiger partial charge in [0, 0.05) is 0 Å². The summed E-state index contributed by atoms with van der Waals surface area (Å²) in [6.45, 7) is 6.18. The van der Waals surface area contributed by atoms with Crippen molar-refractivity contribution in [3.05, 3.63) is 16.5 Å². The van der Waals surface area contributed by atoms with Crippen LogP contribution in [0.1, 0.15) is 39.7 Å². The smallest absolute Gasteiger partial charge is 0.305 e. The number of nitrogens with zero attached hydrogens (tertiary/aromatic N) is 4. The third-order valence-corrected chi connectivity index (χ3v) is 4.25. The summed E-state index contributed by atoms with van der Waals surface area (Å²) in [4.78, 5) is 11.9. The van der Waals surface area contributed by atoms with E-state index in [1.165, 1.54) is 11.3 Å². The minimum atomic E-state index is -0.872. The molecule has 0 saturated carbocycles. The number of carbonyl (C=O) groups is 1. The van der Waals surface area contributed by atoms with E-state index in [1.807, 2.05) is 5.38 Å². The zero-order chi connectivity index (χ0) is 15.6. The number of halogens is 1. The van der Waals surface area contributed by atoms with Gasteiger partial charge in [-0.15, -0.1) is 16.4 Å². The van der Waals surface area contributed by atoms with Gasteiger partial charge in [-0.2, -0.15) is 0 Å². The maximum Gasteiger partial charge on any atom is 0.305 e. The highest BCUT2D eigenvalue weighted by Crippen LogP contribution is 2.36. The van der Waals surface area contributed by atoms with Gasteiger partial charge in [-0.1, -0.05) is 32.4 Å². The van der Waals surface area contributed by atoms with Crippen molar-refractivity contribution in [2.24, 2.45) is 5.41 Å². The predicted molar refractivity (Wildman–Crippen MR) is 81.5 cm³/mol. The SMILES string of the molecule is CC(C)(C)CC(CC(=O)O)n1nnnc1-c1sccc1Cl. The molecule has 2 aromatic rings. The summed E-state index contributed by atoms with van der Waals surface area (Å²) in [6.07, 6.45) is 0.624. The lowest BCUT2D eigenvalue weighted by Crippen LogP contribution is -2.22. The molecular weight excluding hydrogens is 312 g/mol. The minimum Gasteiger partial charge on any atom is -0.481 e. The van der Waals surface area contributed by atoms with Crippen LogP contribution in [-0.4, -0.2) is 31.3 Å². The number of thiophene rings is 1. The van der Waals surface area contributed by atoms with E-state index in [9.17, 15) is 4.79 Å². The van der Waals surface area contributed by atoms with E-state index in [0.717, 1.165) is 4.88 Å². The Kier molecular flexibility index (Phi) is 4.63. The Balaban J connectivity index is 2.39. The van der Waals surface area contributed by atoms with Gasteiger partial charge >= 0.3 is 5.97 Å². The van der Waals surface area contributed by atoms with Crippen LogP contribution in [0.5, 0.6) is 0 Å². The summed E-state index contributed by atoms with van der Waals surface area (Å²) < 4.78 is 1.58. The first-order valence-electron chi connectivity index (χ1n) is 6.51. The molecule has 0 aliphatic rings. The first-order chi connectivity index (χ1) is 9.78. The van der Waals surface area contributed by atoms with Gasteiger partial charge in [-0.05, 0) is 33.7 Å². The third kappa shape index (κ3) is 4.01. The van der Waals surface area contributed by atoms with Crippen LogP contribution < -0.4 is 0 Å². The van der Waals surface area contributed by atoms with Gasteiger partial charge in [0.2, 0.25) is 0 Å². The fraction of sp³-hybridized carbons (Fsp3) is 0.538. The van der Waals surface area contributed by atoms with E-state index < -0.39 is 5.97 Å². The second-order valence-corrected chi connectivity index (χ2v) is 7.38. The van der Waals surface area contributed by atoms with Gasteiger partial charge in [0.05, 0.1) is 22.4 Å². The Labute approximate surface area is 131 Å². The van der Waals surface area contributed by atoms with Gasteiger partial charge in [0.25, 0.3) is 0 Å². The number of aliphatic carboxylic acids is 1. The zero-order valence-electron chi connectivity index (χ0n) is 12.1. The van der Waals surface area contributed by atoms with E-state index >= 15 is 0 Å². The van der Waals surface area contributed by atoms with Crippen LogP contribution in [0.3, 0.4) is 0 Å². The van der Waals surface area contributed by atoms with Gasteiger partial charge in [0.15, 0.2) is 5.82 Å². The molecule has 1 atom stereocenters. The van der Waals surface area contributed by atoms with Gasteiger partial charge in [-0.25, -0.2) is 4.68 Å². The Hall–Kier alpha value is -1.47. The van der Waals surface area contributed by atoms with Crippen molar-refractivity contribution < 1.29 is 9.90 Å². The summed E-state index contributed by atoms with van der Waals surface area (Å²) in [6, 6.07) is 1.46. The molecule has 1 unspecified atom stereocenters. The molecule has 2 aromatic heterocycles. The monoisotopic (exact) mass is 328 g/mol. The van der Waals surface area contributed by atoms with Crippen molar-refractivity contribution in [3.63, 3.8) is 0 Å². The van der Waals surface area contributed by atoms with Crippen LogP contribution >= 0.6 is 22.9 Å². The molecule has 8 heteroatoms. The number of carboxylic acids is 1. The Morgan fingerprint density at radius 3 is 2.76 bits per heavy atom. The van der Waals surface area contributed by atoms with E-state index in [1.54, 1.807) is 10.7 Å². The molecule has 0 radical (unpaired) electrons. The van der Waals surface area contributed by atoms with Crippen LogP contribution in [0, 0.1) is 5.41 Å². The molecule has 114 valence electrons. The largest absolute Gasteiger partial charge is 0.481 e. The Morgan fingerprint density at radius 1 is 1.52 bits per heavy atom. The lowest BCUT2D eigenvalue weighted by molar-refractivity contribution is -0.138. The highest BCUT2D eigenvalue weighted by molar-refractivity contribution is 7.14.